The first-order chi connectivity index (χ1) is 17.1. The molecule has 3 aromatic rings. The molecule has 1 amide bonds. The van der Waals surface area contributed by atoms with Crippen LogP contribution in [0.3, 0.4) is 0 Å². The number of rotatable bonds is 9. The number of amides is 1. The molecule has 2 aromatic carbocycles. The second-order valence-electron chi connectivity index (χ2n) is 9.25. The molecule has 0 aliphatic carbocycles. The number of hydrogen-bond acceptors (Lipinski definition) is 4. The van der Waals surface area contributed by atoms with Crippen LogP contribution < -0.4 is 14.8 Å². The molecule has 0 bridgehead atoms. The van der Waals surface area contributed by atoms with Crippen molar-refractivity contribution in [1.29, 1.82) is 0 Å². The van der Waals surface area contributed by atoms with Gasteiger partial charge in [-0.3, -0.25) is 9.59 Å². The third-order valence-electron chi connectivity index (χ3n) is 5.72. The van der Waals surface area contributed by atoms with Gasteiger partial charge in [-0.05, 0) is 47.4 Å². The van der Waals surface area contributed by atoms with Crippen LogP contribution in [0.1, 0.15) is 47.2 Å². The molecule has 0 aliphatic rings. The van der Waals surface area contributed by atoms with Gasteiger partial charge >= 0.3 is 0 Å². The van der Waals surface area contributed by atoms with Crippen LogP contribution in [0, 0.1) is 0 Å². The Hall–Kier alpha value is -4.32. The van der Waals surface area contributed by atoms with Crippen molar-refractivity contribution in [2.45, 2.75) is 26.2 Å². The number of aromatic nitrogens is 1. The molecule has 6 nitrogen and oxygen atoms in total. The fraction of sp³-hybridized carbons (Fsp3) is 0.200. The Kier molecular flexibility index (Phi) is 8.00. The van der Waals surface area contributed by atoms with Gasteiger partial charge in [-0.1, -0.05) is 64.3 Å². The van der Waals surface area contributed by atoms with Crippen LogP contribution >= 0.6 is 0 Å². The number of fused-ring (bicyclic) bond motifs is 1. The summed E-state index contributed by atoms with van der Waals surface area (Å²) in [5, 5.41) is 3.79. The summed E-state index contributed by atoms with van der Waals surface area (Å²) in [6, 6.07) is 11.1. The molecule has 0 spiro atoms. The zero-order valence-electron chi connectivity index (χ0n) is 21.4. The minimum Gasteiger partial charge on any atom is -0.494 e. The van der Waals surface area contributed by atoms with E-state index >= 15 is 0 Å². The molecule has 1 N–H and O–H groups in total. The highest BCUT2D eigenvalue weighted by Crippen LogP contribution is 2.35. The van der Waals surface area contributed by atoms with Gasteiger partial charge in [0.05, 0.1) is 23.9 Å². The van der Waals surface area contributed by atoms with Crippen LogP contribution in [0.15, 0.2) is 85.7 Å². The zero-order valence-corrected chi connectivity index (χ0v) is 21.4. The number of para-hydroxylation sites is 1. The first-order valence-electron chi connectivity index (χ1n) is 11.5. The molecular weight excluding hydrogens is 452 g/mol. The number of nitrogens with zero attached hydrogens (tertiary/aromatic N) is 1. The largest absolute Gasteiger partial charge is 0.494 e. The quantitative estimate of drug-likeness (QED) is 0.207. The van der Waals surface area contributed by atoms with Gasteiger partial charge < -0.3 is 19.4 Å². The molecule has 186 valence electrons. The monoisotopic (exact) mass is 484 g/mol. The number of nitrogens with one attached hydrogen (secondary N) is 1. The lowest BCUT2D eigenvalue weighted by atomic mass is 9.85. The normalized spacial score (nSPS) is 12.0. The van der Waals surface area contributed by atoms with E-state index in [0.717, 1.165) is 22.8 Å². The van der Waals surface area contributed by atoms with Crippen molar-refractivity contribution in [3.8, 4) is 11.5 Å². The Balaban J connectivity index is 2.05. The van der Waals surface area contributed by atoms with Crippen molar-refractivity contribution in [2.24, 2.45) is 7.05 Å². The summed E-state index contributed by atoms with van der Waals surface area (Å²) in [5.41, 5.74) is 2.67. The second kappa shape index (κ2) is 11.0. The molecule has 6 heteroatoms. The van der Waals surface area contributed by atoms with Crippen LogP contribution in [-0.4, -0.2) is 23.9 Å². The highest BCUT2D eigenvalue weighted by atomic mass is 16.5. The average molecular weight is 485 g/mol. The van der Waals surface area contributed by atoms with E-state index < -0.39 is 0 Å². The van der Waals surface area contributed by atoms with Crippen LogP contribution in [0.25, 0.3) is 10.9 Å². The maximum absolute atomic E-state index is 13.4. The average Bonchev–Trinajstić information content (AvgIpc) is 3.19. The Morgan fingerprint density at radius 3 is 2.47 bits per heavy atom. The molecule has 36 heavy (non-hydrogen) atoms. The maximum Gasteiger partial charge on any atom is 0.272 e. The van der Waals surface area contributed by atoms with Crippen molar-refractivity contribution < 1.29 is 19.1 Å². The lowest BCUT2D eigenvalue weighted by Gasteiger charge is -2.22. The number of carbonyl (C=O) groups is 2. The lowest BCUT2D eigenvalue weighted by molar-refractivity contribution is 0.101. The predicted octanol–water partition coefficient (Wildman–Crippen LogP) is 6.74. The van der Waals surface area contributed by atoms with Gasteiger partial charge in [0, 0.05) is 12.4 Å². The third-order valence-corrected chi connectivity index (χ3v) is 5.72. The van der Waals surface area contributed by atoms with E-state index in [9.17, 15) is 9.59 Å². The highest BCUT2D eigenvalue weighted by molar-refractivity contribution is 6.08. The van der Waals surface area contributed by atoms with Crippen LogP contribution in [0.4, 0.5) is 5.69 Å². The molecule has 0 fully saturated rings. The number of allylic oxidation sites excluding steroid dienone is 5. The number of methoxy groups -OCH3 is 1. The van der Waals surface area contributed by atoms with E-state index in [4.69, 9.17) is 9.47 Å². The summed E-state index contributed by atoms with van der Waals surface area (Å²) in [4.78, 5) is 25.2. The molecule has 0 saturated carbocycles. The van der Waals surface area contributed by atoms with E-state index in [1.165, 1.54) is 7.11 Å². The van der Waals surface area contributed by atoms with Gasteiger partial charge in [0.15, 0.2) is 17.8 Å². The Morgan fingerprint density at radius 1 is 1.11 bits per heavy atom. The van der Waals surface area contributed by atoms with Crippen LogP contribution in [0.2, 0.25) is 0 Å². The van der Waals surface area contributed by atoms with Gasteiger partial charge in [0.25, 0.3) is 5.91 Å². The van der Waals surface area contributed by atoms with E-state index in [1.807, 2.05) is 45.0 Å². The zero-order chi connectivity index (χ0) is 26.5. The topological polar surface area (TPSA) is 69.6 Å². The molecule has 3 rings (SSSR count). The van der Waals surface area contributed by atoms with Crippen molar-refractivity contribution >= 4 is 28.8 Å². The molecule has 0 radical (unpaired) electrons. The number of hydrogen-bond donors (Lipinski definition) is 1. The smallest absolute Gasteiger partial charge is 0.272 e. The summed E-state index contributed by atoms with van der Waals surface area (Å²) in [7, 11) is 3.28. The fourth-order valence-corrected chi connectivity index (χ4v) is 3.89. The molecule has 0 atom stereocenters. The number of carbonyl (C=O) groups excluding carboxylic acids is 2. The van der Waals surface area contributed by atoms with Gasteiger partial charge in [-0.2, -0.15) is 0 Å². The van der Waals surface area contributed by atoms with Crippen LogP contribution in [-0.2, 0) is 12.5 Å². The number of aldehydes is 1. The van der Waals surface area contributed by atoms with E-state index in [2.05, 4.69) is 18.5 Å². The first-order valence-corrected chi connectivity index (χ1v) is 11.5. The number of anilines is 1. The van der Waals surface area contributed by atoms with E-state index in [-0.39, 0.29) is 11.3 Å². The standard InChI is InChI=1S/C30H32N2O4/c1-8-10-14-23(12-9-2)36-26-15-11-13-20-17-25(32(6)27(20)26)29(34)31-24-18-22(30(3,4)5)16-21(19-33)28(24)35-7/h8-19H,1-2H2,3-7H3,(H,31,34)/b14-10-,23-12+. The minimum atomic E-state index is -0.339. The molecule has 0 unspecified atom stereocenters. The SMILES string of the molecule is C=C/C=C\C(=C/C=C)Oc1cccc2cc(C(=O)Nc3cc(C(C)(C)C)cc(C=O)c3OC)n(C)c12. The fourth-order valence-electron chi connectivity index (χ4n) is 3.89. The first kappa shape index (κ1) is 26.3. The van der Waals surface area contributed by atoms with E-state index in [0.29, 0.717) is 34.2 Å². The van der Waals surface area contributed by atoms with Gasteiger partial charge in [-0.25, -0.2) is 0 Å². The highest BCUT2D eigenvalue weighted by Gasteiger charge is 2.22. The second-order valence-corrected chi connectivity index (χ2v) is 9.25. The number of benzene rings is 2. The lowest BCUT2D eigenvalue weighted by Crippen LogP contribution is -2.18. The van der Waals surface area contributed by atoms with Crippen molar-refractivity contribution in [3.63, 3.8) is 0 Å². The summed E-state index contributed by atoms with van der Waals surface area (Å²) < 4.78 is 13.4. The number of aryl methyl sites for hydroxylation is 1. The van der Waals surface area contributed by atoms with Gasteiger partial charge in [0.1, 0.15) is 11.5 Å². The summed E-state index contributed by atoms with van der Waals surface area (Å²) >= 11 is 0. The minimum absolute atomic E-state index is 0.230. The Labute approximate surface area is 212 Å². The van der Waals surface area contributed by atoms with Crippen LogP contribution in [0.5, 0.6) is 11.5 Å². The summed E-state index contributed by atoms with van der Waals surface area (Å²) in [6.07, 6.45) is 9.33. The Bertz CT molecular complexity index is 1380. The van der Waals surface area contributed by atoms with Gasteiger partial charge in [0.2, 0.25) is 0 Å². The van der Waals surface area contributed by atoms with Gasteiger partial charge in [-0.15, -0.1) is 0 Å². The summed E-state index contributed by atoms with van der Waals surface area (Å²) in [6.45, 7) is 13.6. The number of ether oxygens (including phenoxy) is 2. The van der Waals surface area contributed by atoms with Crippen molar-refractivity contribution in [1.82, 2.24) is 4.57 Å². The van der Waals surface area contributed by atoms with E-state index in [1.54, 1.807) is 54.1 Å². The molecule has 1 aromatic heterocycles. The predicted molar refractivity (Wildman–Crippen MR) is 146 cm³/mol. The van der Waals surface area contributed by atoms with Crippen molar-refractivity contribution in [2.75, 3.05) is 12.4 Å². The molecule has 0 aliphatic heterocycles. The third kappa shape index (κ3) is 5.49. The molecule has 1 heterocycles. The Morgan fingerprint density at radius 2 is 1.86 bits per heavy atom. The maximum atomic E-state index is 13.4. The molecule has 0 saturated heterocycles. The molecular formula is C30H32N2O4. The summed E-state index contributed by atoms with van der Waals surface area (Å²) in [5.74, 6) is 1.15. The van der Waals surface area contributed by atoms with Crippen molar-refractivity contribution in [3.05, 3.63) is 103 Å².